The van der Waals surface area contributed by atoms with Crippen LogP contribution in [-0.4, -0.2) is 13.0 Å². The molecular weight excluding hydrogens is 422 g/mol. The minimum Gasteiger partial charge on any atom is -0.496 e. The molecule has 0 aliphatic carbocycles. The minimum atomic E-state index is -0.198. The number of ether oxygens (including phenoxy) is 1. The molecule has 0 aliphatic heterocycles. The zero-order chi connectivity index (χ0) is 22.8. The molecule has 5 heteroatoms. The van der Waals surface area contributed by atoms with Crippen molar-refractivity contribution in [3.63, 3.8) is 0 Å². The van der Waals surface area contributed by atoms with Gasteiger partial charge in [0.25, 0.3) is 0 Å². The van der Waals surface area contributed by atoms with E-state index in [0.717, 1.165) is 50.0 Å². The summed E-state index contributed by atoms with van der Waals surface area (Å²) in [4.78, 5) is 12.6. The standard InChI is InChI=1S/C27H24ClNO3/c1-16-5-11-21(12-6-16)29-25(30)13-17(2)22-14-23-24(19-7-9-20(28)10-8-19)15-32-27(23)18(3)26(22)31-4/h5-15H,1-4H3,(H,29,30)/b17-13+. The van der Waals surface area contributed by atoms with Crippen LogP contribution in [0.1, 0.15) is 23.6 Å². The van der Waals surface area contributed by atoms with Gasteiger partial charge in [0.15, 0.2) is 0 Å². The largest absolute Gasteiger partial charge is 0.496 e. The molecule has 0 bridgehead atoms. The summed E-state index contributed by atoms with van der Waals surface area (Å²) in [5.74, 6) is 0.489. The number of halogens is 1. The number of furan rings is 1. The van der Waals surface area contributed by atoms with Crippen LogP contribution in [0, 0.1) is 13.8 Å². The first-order valence-corrected chi connectivity index (χ1v) is 10.7. The Kier molecular flexibility index (Phi) is 6.06. The molecule has 0 saturated carbocycles. The zero-order valence-corrected chi connectivity index (χ0v) is 19.2. The van der Waals surface area contributed by atoms with E-state index in [0.29, 0.717) is 10.8 Å². The van der Waals surface area contributed by atoms with Gasteiger partial charge in [0.2, 0.25) is 5.91 Å². The number of benzene rings is 3. The first-order valence-electron chi connectivity index (χ1n) is 10.3. The zero-order valence-electron chi connectivity index (χ0n) is 18.5. The van der Waals surface area contributed by atoms with Crippen molar-refractivity contribution in [1.29, 1.82) is 0 Å². The normalized spacial score (nSPS) is 11.6. The molecule has 1 heterocycles. The second-order valence-corrected chi connectivity index (χ2v) is 8.23. The van der Waals surface area contributed by atoms with Crippen molar-refractivity contribution in [3.8, 4) is 16.9 Å². The Labute approximate surface area is 192 Å². The van der Waals surface area contributed by atoms with E-state index in [9.17, 15) is 4.79 Å². The summed E-state index contributed by atoms with van der Waals surface area (Å²) < 4.78 is 11.6. The third kappa shape index (κ3) is 4.27. The van der Waals surface area contributed by atoms with Crippen LogP contribution >= 0.6 is 11.6 Å². The number of hydrogen-bond acceptors (Lipinski definition) is 3. The summed E-state index contributed by atoms with van der Waals surface area (Å²) in [6.45, 7) is 5.87. The van der Waals surface area contributed by atoms with Crippen LogP contribution in [0.5, 0.6) is 5.75 Å². The number of allylic oxidation sites excluding steroid dienone is 1. The van der Waals surface area contributed by atoms with Gasteiger partial charge >= 0.3 is 0 Å². The fourth-order valence-corrected chi connectivity index (χ4v) is 3.94. The maximum absolute atomic E-state index is 12.6. The second-order valence-electron chi connectivity index (χ2n) is 7.80. The fraction of sp³-hybridized carbons (Fsp3) is 0.148. The van der Waals surface area contributed by atoms with Crippen LogP contribution in [0.25, 0.3) is 27.7 Å². The molecule has 0 fully saturated rings. The molecule has 0 aliphatic rings. The first kappa shape index (κ1) is 21.7. The average Bonchev–Trinajstić information content (AvgIpc) is 3.20. The molecule has 1 amide bonds. The van der Waals surface area contributed by atoms with Crippen LogP contribution in [0.2, 0.25) is 5.02 Å². The van der Waals surface area contributed by atoms with Crippen molar-refractivity contribution >= 4 is 39.7 Å². The number of amides is 1. The molecule has 162 valence electrons. The van der Waals surface area contributed by atoms with Gasteiger partial charge < -0.3 is 14.5 Å². The smallest absolute Gasteiger partial charge is 0.248 e. The topological polar surface area (TPSA) is 51.5 Å². The van der Waals surface area contributed by atoms with Crippen LogP contribution in [0.4, 0.5) is 5.69 Å². The molecule has 4 rings (SSSR count). The van der Waals surface area contributed by atoms with E-state index >= 15 is 0 Å². The number of carbonyl (C=O) groups excluding carboxylic acids is 1. The summed E-state index contributed by atoms with van der Waals surface area (Å²) in [7, 11) is 1.63. The molecule has 4 aromatic rings. The van der Waals surface area contributed by atoms with E-state index in [1.807, 2.05) is 75.4 Å². The SMILES string of the molecule is COc1c(/C(C)=C/C(=O)Nc2ccc(C)cc2)cc2c(-c3ccc(Cl)cc3)coc2c1C. The van der Waals surface area contributed by atoms with Crippen LogP contribution < -0.4 is 10.1 Å². The Balaban J connectivity index is 1.75. The molecule has 1 N–H and O–H groups in total. The van der Waals surface area contributed by atoms with E-state index in [2.05, 4.69) is 5.32 Å². The van der Waals surface area contributed by atoms with Crippen molar-refractivity contribution in [3.05, 3.63) is 88.6 Å². The van der Waals surface area contributed by atoms with Gasteiger partial charge in [-0.15, -0.1) is 0 Å². The molecule has 3 aromatic carbocycles. The predicted molar refractivity (Wildman–Crippen MR) is 131 cm³/mol. The Morgan fingerprint density at radius 3 is 2.41 bits per heavy atom. The van der Waals surface area contributed by atoms with Crippen molar-refractivity contribution in [2.45, 2.75) is 20.8 Å². The number of fused-ring (bicyclic) bond motifs is 1. The number of methoxy groups -OCH3 is 1. The quantitative estimate of drug-likeness (QED) is 0.325. The van der Waals surface area contributed by atoms with E-state index < -0.39 is 0 Å². The van der Waals surface area contributed by atoms with Gasteiger partial charge in [-0.1, -0.05) is 41.4 Å². The average molecular weight is 446 g/mol. The van der Waals surface area contributed by atoms with Crippen molar-refractivity contribution in [2.24, 2.45) is 0 Å². The van der Waals surface area contributed by atoms with Crippen molar-refractivity contribution in [1.82, 2.24) is 0 Å². The molecule has 0 unspecified atom stereocenters. The van der Waals surface area contributed by atoms with E-state index in [4.69, 9.17) is 20.8 Å². The molecule has 4 nitrogen and oxygen atoms in total. The maximum atomic E-state index is 12.6. The molecule has 1 aromatic heterocycles. The highest BCUT2D eigenvalue weighted by Crippen LogP contribution is 2.40. The molecule has 0 spiro atoms. The van der Waals surface area contributed by atoms with Gasteiger partial charge in [0.05, 0.1) is 13.4 Å². The van der Waals surface area contributed by atoms with E-state index in [1.54, 1.807) is 19.4 Å². The highest BCUT2D eigenvalue weighted by molar-refractivity contribution is 6.30. The van der Waals surface area contributed by atoms with Gasteiger partial charge in [-0.3, -0.25) is 4.79 Å². The van der Waals surface area contributed by atoms with Crippen LogP contribution in [0.3, 0.4) is 0 Å². The molecule has 32 heavy (non-hydrogen) atoms. The van der Waals surface area contributed by atoms with Gasteiger partial charge in [0.1, 0.15) is 11.3 Å². The summed E-state index contributed by atoms with van der Waals surface area (Å²) in [6.07, 6.45) is 3.33. The summed E-state index contributed by atoms with van der Waals surface area (Å²) in [5, 5.41) is 4.54. The number of aryl methyl sites for hydroxylation is 2. The molecule has 0 radical (unpaired) electrons. The second kappa shape index (κ2) is 8.93. The summed E-state index contributed by atoms with van der Waals surface area (Å²) >= 11 is 6.05. The number of anilines is 1. The Hall–Kier alpha value is -3.50. The van der Waals surface area contributed by atoms with Gasteiger partial charge in [-0.2, -0.15) is 0 Å². The number of carbonyl (C=O) groups is 1. The number of rotatable bonds is 5. The Bertz CT molecular complexity index is 1320. The third-order valence-electron chi connectivity index (χ3n) is 5.49. The monoisotopic (exact) mass is 445 g/mol. The molecule has 0 atom stereocenters. The van der Waals surface area contributed by atoms with E-state index in [-0.39, 0.29) is 5.91 Å². The lowest BCUT2D eigenvalue weighted by molar-refractivity contribution is -0.111. The molecular formula is C27H24ClNO3. The van der Waals surface area contributed by atoms with Crippen molar-refractivity contribution in [2.75, 3.05) is 12.4 Å². The Morgan fingerprint density at radius 1 is 1.06 bits per heavy atom. The van der Waals surface area contributed by atoms with Gasteiger partial charge in [-0.25, -0.2) is 0 Å². The lowest BCUT2D eigenvalue weighted by atomic mass is 9.96. The maximum Gasteiger partial charge on any atom is 0.248 e. The Morgan fingerprint density at radius 2 is 1.75 bits per heavy atom. The summed E-state index contributed by atoms with van der Waals surface area (Å²) in [6, 6.07) is 17.3. The highest BCUT2D eigenvalue weighted by Gasteiger charge is 2.18. The van der Waals surface area contributed by atoms with E-state index in [1.165, 1.54) is 0 Å². The van der Waals surface area contributed by atoms with Crippen molar-refractivity contribution < 1.29 is 13.9 Å². The van der Waals surface area contributed by atoms with Gasteiger partial charge in [-0.05, 0) is 62.2 Å². The number of hydrogen-bond donors (Lipinski definition) is 1. The first-order chi connectivity index (χ1) is 15.4. The third-order valence-corrected chi connectivity index (χ3v) is 5.75. The lowest BCUT2D eigenvalue weighted by Gasteiger charge is -2.13. The fourth-order valence-electron chi connectivity index (χ4n) is 3.81. The molecule has 0 saturated heterocycles. The minimum absolute atomic E-state index is 0.198. The lowest BCUT2D eigenvalue weighted by Crippen LogP contribution is -2.08. The van der Waals surface area contributed by atoms with Crippen LogP contribution in [-0.2, 0) is 4.79 Å². The summed E-state index contributed by atoms with van der Waals surface area (Å²) in [5.41, 5.74) is 7.12. The van der Waals surface area contributed by atoms with Gasteiger partial charge in [0, 0.05) is 38.9 Å². The number of nitrogens with one attached hydrogen (secondary N) is 1. The highest BCUT2D eigenvalue weighted by atomic mass is 35.5. The predicted octanol–water partition coefficient (Wildman–Crippen LogP) is 7.42. The van der Waals surface area contributed by atoms with Crippen LogP contribution in [0.15, 0.2) is 71.4 Å².